The minimum absolute atomic E-state index is 0.129. The fraction of sp³-hybridized carbons (Fsp3) is 0.583. The summed E-state index contributed by atoms with van der Waals surface area (Å²) in [6, 6.07) is 6.34. The van der Waals surface area contributed by atoms with Crippen molar-refractivity contribution in [3.05, 3.63) is 34.9 Å². The van der Waals surface area contributed by atoms with Gasteiger partial charge in [-0.15, -0.1) is 0 Å². The van der Waals surface area contributed by atoms with Gasteiger partial charge in [-0.2, -0.15) is 0 Å². The molecule has 8 nitrogen and oxygen atoms in total. The van der Waals surface area contributed by atoms with Crippen LogP contribution >= 0.6 is 11.6 Å². The summed E-state index contributed by atoms with van der Waals surface area (Å²) in [6.07, 6.45) is 3.45. The summed E-state index contributed by atoms with van der Waals surface area (Å²) in [5, 5.41) is 5.97. The Morgan fingerprint density at radius 3 is 2.24 bits per heavy atom. The standard InChI is InChI=1S/C24H34ClN3O5/c1-24(2,3)33-23(32)27-15-7-5-4-6-14-26-22(31)21(30)19-12-13-20(29)28(19)16-17-8-10-18(25)11-9-17/h8-11,19H,4-7,12-16H2,1-3H3,(H,26,31)(H,27,32). The van der Waals surface area contributed by atoms with Crippen LogP contribution in [-0.2, 0) is 25.7 Å². The lowest BCUT2D eigenvalue weighted by Crippen LogP contribution is -2.45. The molecule has 1 aromatic rings. The highest BCUT2D eigenvalue weighted by molar-refractivity contribution is 6.38. The first-order valence-corrected chi connectivity index (χ1v) is 11.8. The molecule has 0 saturated carbocycles. The Balaban J connectivity index is 1.65. The van der Waals surface area contributed by atoms with Crippen LogP contribution in [-0.4, -0.2) is 53.3 Å². The molecule has 1 fully saturated rings. The van der Waals surface area contributed by atoms with E-state index in [9.17, 15) is 19.2 Å². The first-order valence-electron chi connectivity index (χ1n) is 11.4. The summed E-state index contributed by atoms with van der Waals surface area (Å²) in [6.45, 7) is 6.63. The highest BCUT2D eigenvalue weighted by Gasteiger charge is 2.38. The van der Waals surface area contributed by atoms with Crippen LogP contribution in [0.3, 0.4) is 0 Å². The molecule has 1 aromatic carbocycles. The van der Waals surface area contributed by atoms with Crippen molar-refractivity contribution in [3.63, 3.8) is 0 Å². The number of carbonyl (C=O) groups excluding carboxylic acids is 4. The second kappa shape index (κ2) is 12.6. The largest absolute Gasteiger partial charge is 0.444 e. The number of carbonyl (C=O) groups is 4. The molecule has 33 heavy (non-hydrogen) atoms. The molecule has 1 aliphatic heterocycles. The quantitative estimate of drug-likeness (QED) is 0.372. The first-order chi connectivity index (χ1) is 15.6. The maximum Gasteiger partial charge on any atom is 0.407 e. The smallest absolute Gasteiger partial charge is 0.407 e. The van der Waals surface area contributed by atoms with Crippen molar-refractivity contribution in [1.82, 2.24) is 15.5 Å². The molecule has 0 spiro atoms. The molecule has 182 valence electrons. The van der Waals surface area contributed by atoms with Crippen molar-refractivity contribution in [2.75, 3.05) is 13.1 Å². The number of alkyl carbamates (subject to hydrolysis) is 1. The van der Waals surface area contributed by atoms with Gasteiger partial charge in [0.2, 0.25) is 11.7 Å². The molecule has 0 radical (unpaired) electrons. The van der Waals surface area contributed by atoms with Gasteiger partial charge >= 0.3 is 6.09 Å². The van der Waals surface area contributed by atoms with E-state index in [1.165, 1.54) is 4.90 Å². The molecule has 9 heteroatoms. The van der Waals surface area contributed by atoms with Crippen molar-refractivity contribution < 1.29 is 23.9 Å². The number of rotatable bonds is 11. The van der Waals surface area contributed by atoms with E-state index < -0.39 is 29.4 Å². The summed E-state index contributed by atoms with van der Waals surface area (Å²) in [5.74, 6) is -1.35. The topological polar surface area (TPSA) is 105 Å². The van der Waals surface area contributed by atoms with Gasteiger partial charge in [-0.1, -0.05) is 36.6 Å². The van der Waals surface area contributed by atoms with Gasteiger partial charge in [0.05, 0.1) is 0 Å². The summed E-state index contributed by atoms with van der Waals surface area (Å²) < 4.78 is 5.17. The van der Waals surface area contributed by atoms with Crippen molar-refractivity contribution in [2.24, 2.45) is 0 Å². The number of ketones is 1. The van der Waals surface area contributed by atoms with Crippen molar-refractivity contribution >= 4 is 35.3 Å². The van der Waals surface area contributed by atoms with E-state index in [1.807, 2.05) is 20.8 Å². The number of ether oxygens (including phenoxy) is 1. The average molecular weight is 480 g/mol. The Morgan fingerprint density at radius 2 is 1.64 bits per heavy atom. The third-order valence-electron chi connectivity index (χ3n) is 5.18. The molecule has 0 bridgehead atoms. The fourth-order valence-electron chi connectivity index (χ4n) is 3.54. The molecule has 1 aliphatic rings. The van der Waals surface area contributed by atoms with Gasteiger partial charge < -0.3 is 20.3 Å². The molecular weight excluding hydrogens is 446 g/mol. The Hall–Kier alpha value is -2.61. The lowest BCUT2D eigenvalue weighted by Gasteiger charge is -2.23. The van der Waals surface area contributed by atoms with Crippen LogP contribution in [0.1, 0.15) is 64.9 Å². The number of hydrogen-bond donors (Lipinski definition) is 2. The zero-order valence-corrected chi connectivity index (χ0v) is 20.4. The maximum absolute atomic E-state index is 12.6. The number of amides is 3. The lowest BCUT2D eigenvalue weighted by atomic mass is 10.1. The second-order valence-corrected chi connectivity index (χ2v) is 9.60. The molecule has 1 unspecified atom stereocenters. The van der Waals surface area contributed by atoms with E-state index in [-0.39, 0.29) is 18.9 Å². The lowest BCUT2D eigenvalue weighted by molar-refractivity contribution is -0.143. The van der Waals surface area contributed by atoms with Gasteiger partial charge in [0.15, 0.2) is 0 Å². The highest BCUT2D eigenvalue weighted by atomic mass is 35.5. The Labute approximate surface area is 200 Å². The van der Waals surface area contributed by atoms with Crippen molar-refractivity contribution in [2.45, 2.75) is 77.5 Å². The van der Waals surface area contributed by atoms with Gasteiger partial charge in [-0.25, -0.2) is 4.79 Å². The van der Waals surface area contributed by atoms with E-state index in [1.54, 1.807) is 24.3 Å². The molecule has 0 aromatic heterocycles. The highest BCUT2D eigenvalue weighted by Crippen LogP contribution is 2.23. The monoisotopic (exact) mass is 479 g/mol. The summed E-state index contributed by atoms with van der Waals surface area (Å²) in [4.78, 5) is 50.3. The van der Waals surface area contributed by atoms with Gasteiger partial charge in [0.1, 0.15) is 11.6 Å². The molecule has 1 atom stereocenters. The molecule has 1 heterocycles. The molecule has 1 saturated heterocycles. The Bertz CT molecular complexity index is 835. The average Bonchev–Trinajstić information content (AvgIpc) is 3.09. The van der Waals surface area contributed by atoms with Gasteiger partial charge in [-0.3, -0.25) is 14.4 Å². The van der Waals surface area contributed by atoms with Gasteiger partial charge in [0, 0.05) is 31.1 Å². The number of unbranched alkanes of at least 4 members (excludes halogenated alkanes) is 3. The zero-order valence-electron chi connectivity index (χ0n) is 19.6. The zero-order chi connectivity index (χ0) is 24.4. The van der Waals surface area contributed by atoms with Crippen molar-refractivity contribution in [3.8, 4) is 0 Å². The number of halogens is 1. The Morgan fingerprint density at radius 1 is 1.03 bits per heavy atom. The second-order valence-electron chi connectivity index (χ2n) is 9.17. The summed E-state index contributed by atoms with van der Waals surface area (Å²) in [7, 11) is 0. The van der Waals surface area contributed by atoms with Gasteiger partial charge in [-0.05, 0) is 57.7 Å². The third-order valence-corrected chi connectivity index (χ3v) is 5.43. The SMILES string of the molecule is CC(C)(C)OC(=O)NCCCCCCNC(=O)C(=O)C1CCC(=O)N1Cc1ccc(Cl)cc1. The normalized spacial score (nSPS) is 15.9. The molecular formula is C24H34ClN3O5. The van der Waals surface area contributed by atoms with Crippen LogP contribution in [0.25, 0.3) is 0 Å². The van der Waals surface area contributed by atoms with Crippen LogP contribution in [0.5, 0.6) is 0 Å². The third kappa shape index (κ3) is 9.42. The number of Topliss-reactive ketones (excluding diaryl/α,β-unsaturated/α-hetero) is 1. The van der Waals surface area contributed by atoms with Crippen LogP contribution in [0, 0.1) is 0 Å². The van der Waals surface area contributed by atoms with Crippen LogP contribution < -0.4 is 10.6 Å². The fourth-order valence-corrected chi connectivity index (χ4v) is 3.67. The van der Waals surface area contributed by atoms with Crippen LogP contribution in [0.15, 0.2) is 24.3 Å². The minimum Gasteiger partial charge on any atom is -0.444 e. The number of nitrogens with zero attached hydrogens (tertiary/aromatic N) is 1. The number of hydrogen-bond acceptors (Lipinski definition) is 5. The number of benzene rings is 1. The predicted molar refractivity (Wildman–Crippen MR) is 126 cm³/mol. The number of likely N-dealkylation sites (tertiary alicyclic amines) is 1. The Kier molecular flexibility index (Phi) is 10.2. The van der Waals surface area contributed by atoms with E-state index in [0.29, 0.717) is 24.5 Å². The molecule has 3 amide bonds. The summed E-state index contributed by atoms with van der Waals surface area (Å²) in [5.41, 5.74) is 0.340. The maximum atomic E-state index is 12.6. The molecule has 2 N–H and O–H groups in total. The summed E-state index contributed by atoms with van der Waals surface area (Å²) >= 11 is 5.90. The van der Waals surface area contributed by atoms with E-state index >= 15 is 0 Å². The minimum atomic E-state index is -0.730. The number of nitrogens with one attached hydrogen (secondary N) is 2. The van der Waals surface area contributed by atoms with Crippen LogP contribution in [0.4, 0.5) is 4.79 Å². The first kappa shape index (κ1) is 26.6. The molecule has 0 aliphatic carbocycles. The van der Waals surface area contributed by atoms with E-state index in [2.05, 4.69) is 10.6 Å². The van der Waals surface area contributed by atoms with Crippen molar-refractivity contribution in [1.29, 1.82) is 0 Å². The van der Waals surface area contributed by atoms with Crippen LogP contribution in [0.2, 0.25) is 5.02 Å². The van der Waals surface area contributed by atoms with E-state index in [4.69, 9.17) is 16.3 Å². The van der Waals surface area contributed by atoms with Gasteiger partial charge in [0.25, 0.3) is 5.91 Å². The predicted octanol–water partition coefficient (Wildman–Crippen LogP) is 3.60. The van der Waals surface area contributed by atoms with E-state index in [0.717, 1.165) is 31.2 Å². The molecule has 2 rings (SSSR count).